The first-order valence-corrected chi connectivity index (χ1v) is 32.2. The highest BCUT2D eigenvalue weighted by atomic mass is 16.6. The second kappa shape index (κ2) is 65.1. The van der Waals surface area contributed by atoms with Gasteiger partial charge in [0, 0.05) is 19.3 Å². The van der Waals surface area contributed by atoms with E-state index in [1.54, 1.807) is 0 Å². The van der Waals surface area contributed by atoms with Gasteiger partial charge in [-0.3, -0.25) is 14.4 Å². The lowest BCUT2D eigenvalue weighted by atomic mass is 10.0. The Morgan fingerprint density at radius 3 is 0.795 bits per heavy atom. The van der Waals surface area contributed by atoms with Gasteiger partial charge in [0.1, 0.15) is 13.2 Å². The van der Waals surface area contributed by atoms with Crippen LogP contribution in [-0.2, 0) is 28.6 Å². The summed E-state index contributed by atoms with van der Waals surface area (Å²) in [4.78, 5) is 38.2. The Bertz CT molecular complexity index is 1670. The van der Waals surface area contributed by atoms with Crippen molar-refractivity contribution in [1.29, 1.82) is 0 Å². The van der Waals surface area contributed by atoms with Crippen molar-refractivity contribution in [2.24, 2.45) is 0 Å². The molecule has 0 aliphatic carbocycles. The molecule has 0 saturated carbocycles. The van der Waals surface area contributed by atoms with E-state index in [9.17, 15) is 14.4 Å². The fraction of sp³-hybridized carbons (Fsp3) is 0.653. The summed E-state index contributed by atoms with van der Waals surface area (Å²) in [6, 6.07) is 0. The maximum atomic E-state index is 12.9. The van der Waals surface area contributed by atoms with Crippen LogP contribution < -0.4 is 0 Å². The van der Waals surface area contributed by atoms with Crippen molar-refractivity contribution in [3.63, 3.8) is 0 Å². The van der Waals surface area contributed by atoms with Crippen molar-refractivity contribution in [3.05, 3.63) is 134 Å². The molecule has 0 amide bonds. The van der Waals surface area contributed by atoms with Gasteiger partial charge in [-0.15, -0.1) is 0 Å². The van der Waals surface area contributed by atoms with Crippen LogP contribution in [0.15, 0.2) is 134 Å². The van der Waals surface area contributed by atoms with E-state index in [1.807, 2.05) is 0 Å². The lowest BCUT2D eigenvalue weighted by molar-refractivity contribution is -0.167. The Morgan fingerprint density at radius 1 is 0.269 bits per heavy atom. The minimum absolute atomic E-state index is 0.0907. The highest BCUT2D eigenvalue weighted by Crippen LogP contribution is 2.16. The molecule has 1 atom stereocenters. The second-order valence-corrected chi connectivity index (χ2v) is 20.9. The number of ether oxygens (including phenoxy) is 3. The van der Waals surface area contributed by atoms with Gasteiger partial charge >= 0.3 is 17.9 Å². The van der Waals surface area contributed by atoms with Gasteiger partial charge in [0.15, 0.2) is 6.10 Å². The molecule has 0 aliphatic rings. The molecule has 0 saturated heterocycles. The first-order valence-electron chi connectivity index (χ1n) is 32.2. The van der Waals surface area contributed by atoms with Gasteiger partial charge in [-0.25, -0.2) is 0 Å². The first-order chi connectivity index (χ1) is 38.5. The SMILES string of the molecule is CC/C=C\C/C=C\C/C=C\C/C=C\C/C=C\C/C=C\C/C=C\CCCCCC(=O)OCC(COC(=O)CCCCCCCCCCCC)OC(=O)CCCCCCCCCCCCCC/C=C\C/C=C\C/C=C\C/C=C\CC. The quantitative estimate of drug-likeness (QED) is 0.0261. The van der Waals surface area contributed by atoms with E-state index in [2.05, 4.69) is 154 Å². The molecule has 0 aromatic heterocycles. The average Bonchev–Trinajstić information content (AvgIpc) is 3.44. The third kappa shape index (κ3) is 62.4. The molecule has 0 fully saturated rings. The number of hydrogen-bond donors (Lipinski definition) is 0. The standard InChI is InChI=1S/C72H118O6/c1-4-7-10-13-16-19-22-24-26-28-30-32-34-36-38-40-42-44-46-48-50-53-56-59-62-65-71(74)77-68-69(67-76-70(73)64-61-58-55-52-21-18-15-12-9-6-3)78-72(75)66-63-60-57-54-51-49-47-45-43-41-39-37-35-33-31-29-27-25-23-20-17-14-11-8-5-2/h7-8,10-11,16-17,19-20,24-27,30-33,36,38,42,44,48,50,69H,4-6,9,12-15,18,21-23,28-29,34-35,37,39-41,43,45-47,49,51-68H2,1-3H3/b10-7-,11-8-,19-16-,20-17-,26-24-,27-25-,32-30-,33-31-,38-36-,44-42-,50-48-. The zero-order chi connectivity index (χ0) is 56.4. The molecule has 0 heterocycles. The zero-order valence-corrected chi connectivity index (χ0v) is 50.6. The summed E-state index contributed by atoms with van der Waals surface area (Å²) in [6.07, 6.45) is 91.8. The summed E-state index contributed by atoms with van der Waals surface area (Å²) in [5, 5.41) is 0. The van der Waals surface area contributed by atoms with Crippen LogP contribution >= 0.6 is 0 Å². The fourth-order valence-electron chi connectivity index (χ4n) is 8.65. The first kappa shape index (κ1) is 73.5. The smallest absolute Gasteiger partial charge is 0.306 e. The number of unbranched alkanes of at least 4 members (excludes halogenated alkanes) is 24. The topological polar surface area (TPSA) is 78.9 Å². The average molecular weight is 1080 g/mol. The Hall–Kier alpha value is -4.45. The molecule has 6 heteroatoms. The summed E-state index contributed by atoms with van der Waals surface area (Å²) < 4.78 is 16.9. The van der Waals surface area contributed by atoms with Crippen LogP contribution in [0.3, 0.4) is 0 Å². The summed E-state index contributed by atoms with van der Waals surface area (Å²) in [7, 11) is 0. The van der Waals surface area contributed by atoms with Crippen LogP contribution in [0.25, 0.3) is 0 Å². The third-order valence-electron chi connectivity index (χ3n) is 13.4. The van der Waals surface area contributed by atoms with Crippen LogP contribution in [0.4, 0.5) is 0 Å². The van der Waals surface area contributed by atoms with Crippen LogP contribution in [0, 0.1) is 0 Å². The van der Waals surface area contributed by atoms with E-state index in [-0.39, 0.29) is 31.1 Å². The Kier molecular flexibility index (Phi) is 61.4. The lowest BCUT2D eigenvalue weighted by Crippen LogP contribution is -2.30. The summed E-state index contributed by atoms with van der Waals surface area (Å²) in [6.45, 7) is 6.38. The largest absolute Gasteiger partial charge is 0.462 e. The molecular formula is C72H118O6. The molecule has 0 N–H and O–H groups in total. The van der Waals surface area contributed by atoms with Gasteiger partial charge < -0.3 is 14.2 Å². The number of carbonyl (C=O) groups excluding carboxylic acids is 3. The zero-order valence-electron chi connectivity index (χ0n) is 50.6. The number of hydrogen-bond acceptors (Lipinski definition) is 6. The van der Waals surface area contributed by atoms with Gasteiger partial charge in [0.2, 0.25) is 0 Å². The van der Waals surface area contributed by atoms with E-state index in [0.717, 1.165) is 135 Å². The summed E-state index contributed by atoms with van der Waals surface area (Å²) >= 11 is 0. The van der Waals surface area contributed by atoms with Crippen LogP contribution in [0.2, 0.25) is 0 Å². The van der Waals surface area contributed by atoms with Gasteiger partial charge in [-0.1, -0.05) is 283 Å². The highest BCUT2D eigenvalue weighted by Gasteiger charge is 2.19. The van der Waals surface area contributed by atoms with E-state index in [0.29, 0.717) is 19.3 Å². The molecule has 0 radical (unpaired) electrons. The summed E-state index contributed by atoms with van der Waals surface area (Å²) in [5.74, 6) is -0.926. The predicted octanol–water partition coefficient (Wildman–Crippen LogP) is 22.2. The van der Waals surface area contributed by atoms with Gasteiger partial charge in [0.05, 0.1) is 0 Å². The lowest BCUT2D eigenvalue weighted by Gasteiger charge is -2.18. The predicted molar refractivity (Wildman–Crippen MR) is 339 cm³/mol. The Labute approximate surface area is 481 Å². The molecule has 6 nitrogen and oxygen atoms in total. The molecule has 0 aromatic carbocycles. The molecule has 0 bridgehead atoms. The van der Waals surface area contributed by atoms with E-state index in [1.165, 1.54) is 109 Å². The molecule has 78 heavy (non-hydrogen) atoms. The summed E-state index contributed by atoms with van der Waals surface area (Å²) in [5.41, 5.74) is 0. The maximum Gasteiger partial charge on any atom is 0.306 e. The molecule has 1 unspecified atom stereocenters. The fourth-order valence-corrected chi connectivity index (χ4v) is 8.65. The van der Waals surface area contributed by atoms with Crippen molar-refractivity contribution >= 4 is 17.9 Å². The van der Waals surface area contributed by atoms with Gasteiger partial charge in [-0.2, -0.15) is 0 Å². The molecule has 0 spiro atoms. The normalized spacial score (nSPS) is 13.0. The highest BCUT2D eigenvalue weighted by molar-refractivity contribution is 5.71. The van der Waals surface area contributed by atoms with E-state index < -0.39 is 6.10 Å². The Balaban J connectivity index is 4.34. The number of allylic oxidation sites excluding steroid dienone is 22. The van der Waals surface area contributed by atoms with Crippen molar-refractivity contribution in [3.8, 4) is 0 Å². The van der Waals surface area contributed by atoms with Crippen LogP contribution in [-0.4, -0.2) is 37.2 Å². The van der Waals surface area contributed by atoms with Crippen molar-refractivity contribution < 1.29 is 28.6 Å². The number of esters is 3. The third-order valence-corrected chi connectivity index (χ3v) is 13.4. The van der Waals surface area contributed by atoms with Crippen molar-refractivity contribution in [2.45, 2.75) is 290 Å². The van der Waals surface area contributed by atoms with Gasteiger partial charge in [-0.05, 0) is 116 Å². The minimum Gasteiger partial charge on any atom is -0.462 e. The molecule has 0 aromatic rings. The Morgan fingerprint density at radius 2 is 0.500 bits per heavy atom. The second-order valence-electron chi connectivity index (χ2n) is 20.9. The molecule has 0 aliphatic heterocycles. The van der Waals surface area contributed by atoms with Gasteiger partial charge in [0.25, 0.3) is 0 Å². The van der Waals surface area contributed by atoms with Crippen LogP contribution in [0.1, 0.15) is 284 Å². The molecule has 0 rings (SSSR count). The maximum absolute atomic E-state index is 12.9. The molecular weight excluding hydrogens is 961 g/mol. The van der Waals surface area contributed by atoms with Crippen LogP contribution in [0.5, 0.6) is 0 Å². The van der Waals surface area contributed by atoms with Crippen molar-refractivity contribution in [2.75, 3.05) is 13.2 Å². The van der Waals surface area contributed by atoms with E-state index in [4.69, 9.17) is 14.2 Å². The monoisotopic (exact) mass is 1080 g/mol. The van der Waals surface area contributed by atoms with E-state index >= 15 is 0 Å². The number of carbonyl (C=O) groups is 3. The number of rotatable bonds is 57. The van der Waals surface area contributed by atoms with Crippen molar-refractivity contribution in [1.82, 2.24) is 0 Å². The minimum atomic E-state index is -0.796. The molecule has 442 valence electrons.